The molecule has 2 atom stereocenters. The van der Waals surface area contributed by atoms with E-state index in [1.807, 2.05) is 24.3 Å². The van der Waals surface area contributed by atoms with Gasteiger partial charge in [-0.05, 0) is 48.7 Å². The minimum Gasteiger partial charge on any atom is -0.467 e. The van der Waals surface area contributed by atoms with Gasteiger partial charge in [0.2, 0.25) is 15.9 Å². The summed E-state index contributed by atoms with van der Waals surface area (Å²) in [5.41, 5.74) is 1.77. The number of nitrogens with one attached hydrogen (secondary N) is 2. The van der Waals surface area contributed by atoms with Crippen LogP contribution in [0.25, 0.3) is 10.9 Å². The number of carbonyl (C=O) groups excluding carboxylic acids is 2. The minimum absolute atomic E-state index is 0.0213. The van der Waals surface area contributed by atoms with E-state index in [1.165, 1.54) is 23.5 Å². The Hall–Kier alpha value is -3.24. The van der Waals surface area contributed by atoms with E-state index in [0.29, 0.717) is 12.8 Å². The van der Waals surface area contributed by atoms with Gasteiger partial charge >= 0.3 is 5.97 Å². The van der Waals surface area contributed by atoms with Crippen molar-refractivity contribution >= 4 is 32.8 Å². The van der Waals surface area contributed by atoms with Gasteiger partial charge in [0, 0.05) is 36.6 Å². The van der Waals surface area contributed by atoms with Crippen LogP contribution in [-0.4, -0.2) is 55.8 Å². The fourth-order valence-electron chi connectivity index (χ4n) is 4.28. The highest BCUT2D eigenvalue weighted by atomic mass is 32.2. The molecule has 180 valence electrons. The van der Waals surface area contributed by atoms with Crippen LogP contribution in [0.15, 0.2) is 59.6 Å². The topological polar surface area (TPSA) is 109 Å². The first kappa shape index (κ1) is 23.9. The summed E-state index contributed by atoms with van der Waals surface area (Å²) in [6.07, 6.45) is 3.00. The molecule has 0 bridgehead atoms. The first-order valence-electron chi connectivity index (χ1n) is 11.0. The van der Waals surface area contributed by atoms with Crippen LogP contribution in [0, 0.1) is 11.7 Å². The zero-order valence-electron chi connectivity index (χ0n) is 18.7. The van der Waals surface area contributed by atoms with Crippen molar-refractivity contribution < 1.29 is 27.1 Å². The molecule has 1 aliphatic heterocycles. The number of benzene rings is 2. The monoisotopic (exact) mass is 487 g/mol. The van der Waals surface area contributed by atoms with Crippen LogP contribution in [0.4, 0.5) is 4.39 Å². The normalized spacial score (nSPS) is 17.9. The van der Waals surface area contributed by atoms with Gasteiger partial charge in [-0.3, -0.25) is 4.79 Å². The molecule has 4 rings (SSSR count). The molecule has 0 aliphatic carbocycles. The molecule has 0 unspecified atom stereocenters. The molecule has 2 N–H and O–H groups in total. The van der Waals surface area contributed by atoms with E-state index in [4.69, 9.17) is 4.74 Å². The molecule has 1 aliphatic rings. The Bertz CT molecular complexity index is 1290. The van der Waals surface area contributed by atoms with Crippen molar-refractivity contribution in [3.05, 3.63) is 66.1 Å². The Kier molecular flexibility index (Phi) is 6.99. The number of hydrogen-bond donors (Lipinski definition) is 2. The van der Waals surface area contributed by atoms with Crippen LogP contribution in [0.3, 0.4) is 0 Å². The summed E-state index contributed by atoms with van der Waals surface area (Å²) in [6, 6.07) is 11.3. The third-order valence-corrected chi connectivity index (χ3v) is 7.99. The van der Waals surface area contributed by atoms with E-state index in [-0.39, 0.29) is 24.4 Å². The average molecular weight is 488 g/mol. The van der Waals surface area contributed by atoms with Crippen molar-refractivity contribution in [2.75, 3.05) is 20.2 Å². The summed E-state index contributed by atoms with van der Waals surface area (Å²) in [7, 11) is -2.61. The number of amides is 1. The summed E-state index contributed by atoms with van der Waals surface area (Å²) >= 11 is 0. The quantitative estimate of drug-likeness (QED) is 0.498. The number of aromatic nitrogens is 1. The SMILES string of the molecule is COC(=O)[C@@H](Cc1c[nH]c2ccccc12)NC(=O)[C@@H]1CCCN(S(=O)(=O)c2ccc(F)cc2)C1. The standard InChI is InChI=1S/C24H26FN3O5S/c1-33-24(30)22(13-17-14-26-21-7-3-2-6-20(17)21)27-23(29)16-5-4-12-28(15-16)34(31,32)19-10-8-18(25)9-11-19/h2-3,6-11,14,16,22,26H,4-5,12-13,15H2,1H3,(H,27,29)/t16-,22-/m1/s1. The first-order chi connectivity index (χ1) is 16.3. The van der Waals surface area contributed by atoms with Crippen LogP contribution in [0.5, 0.6) is 0 Å². The maximum atomic E-state index is 13.2. The molecule has 0 radical (unpaired) electrons. The van der Waals surface area contributed by atoms with Gasteiger partial charge in [-0.2, -0.15) is 4.31 Å². The van der Waals surface area contributed by atoms with Crippen molar-refractivity contribution in [2.45, 2.75) is 30.2 Å². The molecular weight excluding hydrogens is 461 g/mol. The number of halogens is 1. The van der Waals surface area contributed by atoms with Gasteiger partial charge in [0.1, 0.15) is 11.9 Å². The van der Waals surface area contributed by atoms with Crippen LogP contribution in [0.1, 0.15) is 18.4 Å². The van der Waals surface area contributed by atoms with E-state index in [0.717, 1.165) is 28.6 Å². The number of aromatic amines is 1. The lowest BCUT2D eigenvalue weighted by atomic mass is 9.97. The third-order valence-electron chi connectivity index (χ3n) is 6.11. The van der Waals surface area contributed by atoms with E-state index in [9.17, 15) is 22.4 Å². The maximum absolute atomic E-state index is 13.2. The van der Waals surface area contributed by atoms with Crippen LogP contribution in [-0.2, 0) is 30.8 Å². The van der Waals surface area contributed by atoms with Gasteiger partial charge in [0.15, 0.2) is 0 Å². The van der Waals surface area contributed by atoms with Gasteiger partial charge in [-0.25, -0.2) is 17.6 Å². The number of sulfonamides is 1. The summed E-state index contributed by atoms with van der Waals surface area (Å²) < 4.78 is 45.3. The molecule has 8 nitrogen and oxygen atoms in total. The molecule has 2 aromatic carbocycles. The van der Waals surface area contributed by atoms with Crippen molar-refractivity contribution in [1.29, 1.82) is 0 Å². The summed E-state index contributed by atoms with van der Waals surface area (Å²) in [4.78, 5) is 28.6. The number of carbonyl (C=O) groups is 2. The molecule has 1 fully saturated rings. The largest absolute Gasteiger partial charge is 0.467 e. The Morgan fingerprint density at radius 3 is 2.68 bits per heavy atom. The average Bonchev–Trinajstić information content (AvgIpc) is 3.26. The van der Waals surface area contributed by atoms with Crippen LogP contribution < -0.4 is 5.32 Å². The van der Waals surface area contributed by atoms with Crippen molar-refractivity contribution in [3.8, 4) is 0 Å². The second-order valence-electron chi connectivity index (χ2n) is 8.30. The molecule has 1 amide bonds. The lowest BCUT2D eigenvalue weighted by Crippen LogP contribution is -2.50. The number of hydrogen-bond acceptors (Lipinski definition) is 5. The van der Waals surface area contributed by atoms with E-state index < -0.39 is 39.7 Å². The highest BCUT2D eigenvalue weighted by Crippen LogP contribution is 2.25. The fourth-order valence-corrected chi connectivity index (χ4v) is 5.80. The number of H-pyrrole nitrogens is 1. The number of piperidine rings is 1. The van der Waals surface area contributed by atoms with E-state index in [2.05, 4.69) is 10.3 Å². The number of rotatable bonds is 7. The Morgan fingerprint density at radius 1 is 1.21 bits per heavy atom. The summed E-state index contributed by atoms with van der Waals surface area (Å²) in [5.74, 6) is -2.14. The van der Waals surface area contributed by atoms with Crippen molar-refractivity contribution in [2.24, 2.45) is 5.92 Å². The maximum Gasteiger partial charge on any atom is 0.328 e. The molecule has 0 spiro atoms. The number of esters is 1. The van der Waals surface area contributed by atoms with E-state index >= 15 is 0 Å². The lowest BCUT2D eigenvalue weighted by molar-refractivity contribution is -0.145. The molecule has 3 aromatic rings. The fraction of sp³-hybridized carbons (Fsp3) is 0.333. The molecular formula is C24H26FN3O5S. The Morgan fingerprint density at radius 2 is 1.94 bits per heavy atom. The minimum atomic E-state index is -3.87. The van der Waals surface area contributed by atoms with E-state index in [1.54, 1.807) is 6.20 Å². The molecule has 1 saturated heterocycles. The van der Waals surface area contributed by atoms with Gasteiger partial charge < -0.3 is 15.0 Å². The molecule has 1 aromatic heterocycles. The molecule has 10 heteroatoms. The number of fused-ring (bicyclic) bond motifs is 1. The van der Waals surface area contributed by atoms with Gasteiger partial charge in [0.25, 0.3) is 0 Å². The highest BCUT2D eigenvalue weighted by molar-refractivity contribution is 7.89. The van der Waals surface area contributed by atoms with Crippen molar-refractivity contribution in [3.63, 3.8) is 0 Å². The lowest BCUT2D eigenvalue weighted by Gasteiger charge is -2.32. The van der Waals surface area contributed by atoms with Crippen molar-refractivity contribution in [1.82, 2.24) is 14.6 Å². The van der Waals surface area contributed by atoms with Crippen LogP contribution >= 0.6 is 0 Å². The second-order valence-corrected chi connectivity index (χ2v) is 10.2. The predicted octanol–water partition coefficient (Wildman–Crippen LogP) is 2.61. The number of para-hydroxylation sites is 1. The summed E-state index contributed by atoms with van der Waals surface area (Å²) in [6.45, 7) is 0.242. The zero-order valence-corrected chi connectivity index (χ0v) is 19.5. The van der Waals surface area contributed by atoms with Gasteiger partial charge in [0.05, 0.1) is 17.9 Å². The molecule has 0 saturated carbocycles. The predicted molar refractivity (Wildman–Crippen MR) is 124 cm³/mol. The van der Waals surface area contributed by atoms with Crippen LogP contribution in [0.2, 0.25) is 0 Å². The first-order valence-corrected chi connectivity index (χ1v) is 12.4. The second kappa shape index (κ2) is 9.94. The zero-order chi connectivity index (χ0) is 24.3. The Balaban J connectivity index is 1.48. The third kappa shape index (κ3) is 4.97. The number of methoxy groups -OCH3 is 1. The number of ether oxygens (including phenoxy) is 1. The smallest absolute Gasteiger partial charge is 0.328 e. The van der Waals surface area contributed by atoms with Gasteiger partial charge in [-0.15, -0.1) is 0 Å². The molecule has 34 heavy (non-hydrogen) atoms. The summed E-state index contributed by atoms with van der Waals surface area (Å²) in [5, 5.41) is 3.71. The van der Waals surface area contributed by atoms with Gasteiger partial charge in [-0.1, -0.05) is 18.2 Å². The number of nitrogens with zero attached hydrogens (tertiary/aromatic N) is 1. The highest BCUT2D eigenvalue weighted by Gasteiger charge is 2.35. The Labute approximate surface area is 197 Å². The molecule has 2 heterocycles.